The van der Waals surface area contributed by atoms with Crippen molar-refractivity contribution in [3.05, 3.63) is 35.4 Å². The maximum atomic E-state index is 3.62. The topological polar surface area (TPSA) is 12.0 Å². The van der Waals surface area contributed by atoms with Crippen LogP contribution in [0.1, 0.15) is 63.5 Å². The van der Waals surface area contributed by atoms with Crippen LogP contribution in [-0.2, 0) is 6.54 Å². The maximum Gasteiger partial charge on any atom is 0.0208 e. The lowest BCUT2D eigenvalue weighted by molar-refractivity contribution is 0.480. The number of unbranched alkanes of at least 4 members (excludes halogenated alkanes) is 4. The van der Waals surface area contributed by atoms with Gasteiger partial charge in [0, 0.05) is 12.6 Å². The van der Waals surface area contributed by atoms with Crippen molar-refractivity contribution in [2.45, 2.75) is 71.9 Å². The highest BCUT2D eigenvalue weighted by Crippen LogP contribution is 2.08. The van der Waals surface area contributed by atoms with E-state index in [2.05, 4.69) is 50.4 Å². The molecule has 0 bridgehead atoms. The Labute approximate surface area is 113 Å². The van der Waals surface area contributed by atoms with Gasteiger partial charge >= 0.3 is 0 Å². The second-order valence-electron chi connectivity index (χ2n) is 5.47. The van der Waals surface area contributed by atoms with Crippen molar-refractivity contribution in [1.82, 2.24) is 5.32 Å². The molecule has 0 radical (unpaired) electrons. The Morgan fingerprint density at radius 1 is 1.11 bits per heavy atom. The molecule has 0 aliphatic rings. The number of hydrogen-bond donors (Lipinski definition) is 1. The van der Waals surface area contributed by atoms with E-state index in [4.69, 9.17) is 0 Å². The van der Waals surface area contributed by atoms with Gasteiger partial charge in [-0.15, -0.1) is 0 Å². The molecule has 0 aromatic heterocycles. The van der Waals surface area contributed by atoms with Gasteiger partial charge in [0.15, 0.2) is 0 Å². The Balaban J connectivity index is 2.11. The van der Waals surface area contributed by atoms with Gasteiger partial charge in [0.2, 0.25) is 0 Å². The molecule has 0 amide bonds. The fourth-order valence-electron chi connectivity index (χ4n) is 2.27. The first-order valence-electron chi connectivity index (χ1n) is 7.51. The molecule has 0 aliphatic carbocycles. The van der Waals surface area contributed by atoms with E-state index in [1.54, 1.807) is 0 Å². The van der Waals surface area contributed by atoms with E-state index in [0.717, 1.165) is 6.54 Å². The van der Waals surface area contributed by atoms with E-state index in [1.807, 2.05) is 0 Å². The van der Waals surface area contributed by atoms with Crippen LogP contribution in [0, 0.1) is 6.92 Å². The first kappa shape index (κ1) is 15.2. The summed E-state index contributed by atoms with van der Waals surface area (Å²) in [4.78, 5) is 0. The number of aryl methyl sites for hydroxylation is 1. The van der Waals surface area contributed by atoms with E-state index < -0.39 is 0 Å². The predicted molar refractivity (Wildman–Crippen MR) is 80.9 cm³/mol. The van der Waals surface area contributed by atoms with Crippen molar-refractivity contribution >= 4 is 0 Å². The molecular weight excluding hydrogens is 218 g/mol. The molecule has 0 fully saturated rings. The first-order valence-corrected chi connectivity index (χ1v) is 7.51. The van der Waals surface area contributed by atoms with Gasteiger partial charge < -0.3 is 5.32 Å². The number of nitrogens with one attached hydrogen (secondary N) is 1. The average Bonchev–Trinajstić information content (AvgIpc) is 2.36. The third-order valence-electron chi connectivity index (χ3n) is 3.48. The summed E-state index contributed by atoms with van der Waals surface area (Å²) < 4.78 is 0. The molecule has 102 valence electrons. The van der Waals surface area contributed by atoms with Crippen LogP contribution >= 0.6 is 0 Å². The fourth-order valence-corrected chi connectivity index (χ4v) is 2.27. The van der Waals surface area contributed by atoms with E-state index in [0.29, 0.717) is 6.04 Å². The molecule has 0 saturated carbocycles. The van der Waals surface area contributed by atoms with Crippen molar-refractivity contribution in [2.24, 2.45) is 0 Å². The molecule has 18 heavy (non-hydrogen) atoms. The van der Waals surface area contributed by atoms with E-state index >= 15 is 0 Å². The van der Waals surface area contributed by atoms with Crippen molar-refractivity contribution < 1.29 is 0 Å². The summed E-state index contributed by atoms with van der Waals surface area (Å²) in [6.07, 6.45) is 8.19. The van der Waals surface area contributed by atoms with Crippen LogP contribution in [-0.4, -0.2) is 6.04 Å². The molecule has 1 aromatic carbocycles. The Kier molecular flexibility index (Phi) is 7.75. The molecule has 0 heterocycles. The van der Waals surface area contributed by atoms with Gasteiger partial charge in [-0.05, 0) is 25.8 Å². The Bertz CT molecular complexity index is 319. The van der Waals surface area contributed by atoms with E-state index in [9.17, 15) is 0 Å². The number of benzene rings is 1. The van der Waals surface area contributed by atoms with Crippen LogP contribution in [0.5, 0.6) is 0 Å². The Hall–Kier alpha value is -0.820. The van der Waals surface area contributed by atoms with Crippen molar-refractivity contribution in [3.8, 4) is 0 Å². The summed E-state index contributed by atoms with van der Waals surface area (Å²) >= 11 is 0. The summed E-state index contributed by atoms with van der Waals surface area (Å²) in [6, 6.07) is 9.39. The molecule has 1 nitrogen and oxygen atoms in total. The van der Waals surface area contributed by atoms with Gasteiger partial charge in [0.25, 0.3) is 0 Å². The predicted octanol–water partition coefficient (Wildman–Crippen LogP) is 4.83. The highest BCUT2D eigenvalue weighted by molar-refractivity contribution is 5.21. The lowest BCUT2D eigenvalue weighted by Crippen LogP contribution is -2.25. The van der Waals surface area contributed by atoms with Crippen LogP contribution in [0.2, 0.25) is 0 Å². The first-order chi connectivity index (χ1) is 8.72. The quantitative estimate of drug-likeness (QED) is 0.616. The van der Waals surface area contributed by atoms with Crippen LogP contribution in [0.15, 0.2) is 24.3 Å². The molecule has 1 aromatic rings. The van der Waals surface area contributed by atoms with Gasteiger partial charge in [-0.3, -0.25) is 0 Å². The van der Waals surface area contributed by atoms with E-state index in [1.165, 1.54) is 49.7 Å². The molecule has 1 atom stereocenters. The minimum Gasteiger partial charge on any atom is -0.310 e. The maximum absolute atomic E-state index is 3.62. The van der Waals surface area contributed by atoms with Crippen molar-refractivity contribution in [2.75, 3.05) is 0 Å². The minimum atomic E-state index is 0.632. The van der Waals surface area contributed by atoms with E-state index in [-0.39, 0.29) is 0 Å². The zero-order valence-corrected chi connectivity index (χ0v) is 12.3. The molecule has 1 unspecified atom stereocenters. The minimum absolute atomic E-state index is 0.632. The highest BCUT2D eigenvalue weighted by Gasteiger charge is 2.01. The Morgan fingerprint density at radius 3 is 2.61 bits per heavy atom. The zero-order chi connectivity index (χ0) is 13.2. The van der Waals surface area contributed by atoms with Crippen molar-refractivity contribution in [1.29, 1.82) is 0 Å². The highest BCUT2D eigenvalue weighted by atomic mass is 14.9. The molecular formula is C17H29N. The van der Waals surface area contributed by atoms with Crippen LogP contribution < -0.4 is 5.32 Å². The van der Waals surface area contributed by atoms with Crippen molar-refractivity contribution in [3.63, 3.8) is 0 Å². The van der Waals surface area contributed by atoms with Crippen LogP contribution in [0.3, 0.4) is 0 Å². The zero-order valence-electron chi connectivity index (χ0n) is 12.3. The second kappa shape index (κ2) is 9.16. The summed E-state index contributed by atoms with van der Waals surface area (Å²) in [6.45, 7) is 7.72. The number of rotatable bonds is 9. The summed E-state index contributed by atoms with van der Waals surface area (Å²) in [5, 5.41) is 3.62. The molecule has 0 aliphatic heterocycles. The molecule has 1 heteroatoms. The van der Waals surface area contributed by atoms with Gasteiger partial charge in [-0.2, -0.15) is 0 Å². The van der Waals surface area contributed by atoms with Crippen LogP contribution in [0.4, 0.5) is 0 Å². The standard InChI is InChI=1S/C17H29N/c1-4-5-6-7-8-11-16(3)18-14-17-12-9-10-15(2)13-17/h9-10,12-13,16,18H,4-8,11,14H2,1-3H3. The molecule has 1 rings (SSSR count). The summed E-state index contributed by atoms with van der Waals surface area (Å²) in [5.41, 5.74) is 2.74. The molecule has 1 N–H and O–H groups in total. The lowest BCUT2D eigenvalue weighted by Gasteiger charge is -2.14. The summed E-state index contributed by atoms with van der Waals surface area (Å²) in [7, 11) is 0. The molecule has 0 spiro atoms. The van der Waals surface area contributed by atoms with Gasteiger partial charge in [0.05, 0.1) is 0 Å². The van der Waals surface area contributed by atoms with Gasteiger partial charge in [-0.1, -0.05) is 68.9 Å². The second-order valence-corrected chi connectivity index (χ2v) is 5.47. The molecule has 0 saturated heterocycles. The lowest BCUT2D eigenvalue weighted by atomic mass is 10.1. The smallest absolute Gasteiger partial charge is 0.0208 e. The summed E-state index contributed by atoms with van der Waals surface area (Å²) in [5.74, 6) is 0. The largest absolute Gasteiger partial charge is 0.310 e. The SMILES string of the molecule is CCCCCCCC(C)NCc1cccc(C)c1. The van der Waals surface area contributed by atoms with Gasteiger partial charge in [0.1, 0.15) is 0 Å². The normalized spacial score (nSPS) is 12.6. The third-order valence-corrected chi connectivity index (χ3v) is 3.48. The fraction of sp³-hybridized carbons (Fsp3) is 0.647. The third kappa shape index (κ3) is 6.80. The monoisotopic (exact) mass is 247 g/mol. The average molecular weight is 247 g/mol. The number of hydrogen-bond acceptors (Lipinski definition) is 1. The Morgan fingerprint density at radius 2 is 1.89 bits per heavy atom. The van der Waals surface area contributed by atoms with Gasteiger partial charge in [-0.25, -0.2) is 0 Å². The van der Waals surface area contributed by atoms with Crippen LogP contribution in [0.25, 0.3) is 0 Å².